The summed E-state index contributed by atoms with van der Waals surface area (Å²) in [6.07, 6.45) is 0. The fourth-order valence-corrected chi connectivity index (χ4v) is 2.93. The molecule has 2 aromatic rings. The summed E-state index contributed by atoms with van der Waals surface area (Å²) in [6.45, 7) is 3.32. The molecule has 1 unspecified atom stereocenters. The first kappa shape index (κ1) is 16.2. The molecule has 0 bridgehead atoms. The molecule has 5 heteroatoms. The highest BCUT2D eigenvalue weighted by molar-refractivity contribution is 6.01. The van der Waals surface area contributed by atoms with Crippen LogP contribution >= 0.6 is 0 Å². The Kier molecular flexibility index (Phi) is 4.62. The Hall–Kier alpha value is -2.66. The summed E-state index contributed by atoms with van der Waals surface area (Å²) in [5, 5.41) is 5.73. The Morgan fingerprint density at radius 2 is 2.00 bits per heavy atom. The van der Waals surface area contributed by atoms with Crippen LogP contribution in [0.15, 0.2) is 48.5 Å². The fraction of sp³-hybridized carbons (Fsp3) is 0.263. The molecular weight excluding hydrogens is 302 g/mol. The van der Waals surface area contributed by atoms with Crippen LogP contribution in [0.1, 0.15) is 34.5 Å². The summed E-state index contributed by atoms with van der Waals surface area (Å²) in [7, 11) is 1.92. The highest BCUT2D eigenvalue weighted by Crippen LogP contribution is 2.24. The van der Waals surface area contributed by atoms with Gasteiger partial charge in [0, 0.05) is 17.8 Å². The van der Waals surface area contributed by atoms with Crippen LogP contribution in [0, 0.1) is 0 Å². The molecule has 1 aliphatic rings. The summed E-state index contributed by atoms with van der Waals surface area (Å²) < 4.78 is 0. The molecule has 1 heterocycles. The van der Waals surface area contributed by atoms with Gasteiger partial charge in [-0.3, -0.25) is 14.5 Å². The third-order valence-corrected chi connectivity index (χ3v) is 4.36. The molecule has 24 heavy (non-hydrogen) atoms. The number of likely N-dealkylation sites (N-methyl/N-ethyl adjacent to an activating group) is 1. The zero-order valence-corrected chi connectivity index (χ0v) is 13.9. The van der Waals surface area contributed by atoms with E-state index in [1.807, 2.05) is 61.3 Å². The van der Waals surface area contributed by atoms with Crippen LogP contribution in [-0.2, 0) is 11.3 Å². The largest absolute Gasteiger partial charge is 0.348 e. The van der Waals surface area contributed by atoms with E-state index in [-0.39, 0.29) is 17.9 Å². The van der Waals surface area contributed by atoms with Gasteiger partial charge >= 0.3 is 0 Å². The average Bonchev–Trinajstić information content (AvgIpc) is 2.96. The van der Waals surface area contributed by atoms with Gasteiger partial charge in [0.15, 0.2) is 0 Å². The van der Waals surface area contributed by atoms with Gasteiger partial charge in [0.05, 0.1) is 0 Å². The molecule has 3 rings (SSSR count). The monoisotopic (exact) mass is 323 g/mol. The van der Waals surface area contributed by atoms with E-state index in [0.717, 1.165) is 17.7 Å². The number of benzene rings is 2. The minimum absolute atomic E-state index is 0.0913. The van der Waals surface area contributed by atoms with Gasteiger partial charge in [-0.2, -0.15) is 0 Å². The minimum atomic E-state index is -0.377. The second-order valence-corrected chi connectivity index (χ2v) is 5.93. The number of hydrogen-bond acceptors (Lipinski definition) is 3. The zero-order chi connectivity index (χ0) is 17.1. The van der Waals surface area contributed by atoms with E-state index >= 15 is 0 Å². The Morgan fingerprint density at radius 1 is 1.25 bits per heavy atom. The normalized spacial score (nSPS) is 14.2. The van der Waals surface area contributed by atoms with Crippen molar-refractivity contribution in [1.82, 2.24) is 10.2 Å². The van der Waals surface area contributed by atoms with Crippen LogP contribution in [0.25, 0.3) is 0 Å². The highest BCUT2D eigenvalue weighted by Gasteiger charge is 2.25. The van der Waals surface area contributed by atoms with Crippen molar-refractivity contribution in [2.75, 3.05) is 18.9 Å². The van der Waals surface area contributed by atoms with Crippen molar-refractivity contribution in [2.45, 2.75) is 19.5 Å². The number of fused-ring (bicyclic) bond motifs is 1. The molecule has 1 aliphatic heterocycles. The van der Waals surface area contributed by atoms with Gasteiger partial charge in [-0.1, -0.05) is 43.3 Å². The Balaban J connectivity index is 1.84. The smallest absolute Gasteiger partial charge is 0.251 e. The lowest BCUT2D eigenvalue weighted by atomic mass is 10.0. The molecule has 2 aromatic carbocycles. The highest BCUT2D eigenvalue weighted by atomic mass is 16.2. The second kappa shape index (κ2) is 6.84. The van der Waals surface area contributed by atoms with Crippen molar-refractivity contribution < 1.29 is 9.59 Å². The number of nitrogens with zero attached hydrogens (tertiary/aromatic N) is 1. The van der Waals surface area contributed by atoms with E-state index in [1.165, 1.54) is 0 Å². The maximum atomic E-state index is 12.8. The van der Waals surface area contributed by atoms with Gasteiger partial charge in [0.2, 0.25) is 5.91 Å². The summed E-state index contributed by atoms with van der Waals surface area (Å²) in [5.74, 6) is -0.199. The van der Waals surface area contributed by atoms with Gasteiger partial charge in [0.25, 0.3) is 5.91 Å². The fourth-order valence-electron chi connectivity index (χ4n) is 2.93. The molecular formula is C19H21N3O2. The van der Waals surface area contributed by atoms with Crippen LogP contribution in [0.4, 0.5) is 5.69 Å². The van der Waals surface area contributed by atoms with Crippen molar-refractivity contribution in [3.8, 4) is 0 Å². The minimum Gasteiger partial charge on any atom is -0.348 e. The Bertz CT molecular complexity index is 758. The van der Waals surface area contributed by atoms with E-state index < -0.39 is 0 Å². The molecule has 0 saturated carbocycles. The summed E-state index contributed by atoms with van der Waals surface area (Å²) in [5.41, 5.74) is 3.18. The maximum Gasteiger partial charge on any atom is 0.251 e. The lowest BCUT2D eigenvalue weighted by Crippen LogP contribution is -2.34. The standard InChI is InChI=1S/C19H21N3O2/c1-3-22(2)17(13-7-5-4-6-8-13)19(24)21-15-10-9-14-12-20-18(23)16(14)11-15/h4-11,17H,3,12H2,1-2H3,(H,20,23)(H,21,24). The molecule has 0 spiro atoms. The first-order valence-corrected chi connectivity index (χ1v) is 8.07. The molecule has 2 amide bonds. The van der Waals surface area contributed by atoms with Gasteiger partial charge < -0.3 is 10.6 Å². The van der Waals surface area contributed by atoms with E-state index in [9.17, 15) is 9.59 Å². The molecule has 0 fully saturated rings. The summed E-state index contributed by atoms with van der Waals surface area (Å²) in [6, 6.07) is 14.8. The Morgan fingerprint density at radius 3 is 2.71 bits per heavy atom. The molecule has 0 saturated heterocycles. The van der Waals surface area contributed by atoms with Crippen LogP contribution in [0.2, 0.25) is 0 Å². The quantitative estimate of drug-likeness (QED) is 0.889. The lowest BCUT2D eigenvalue weighted by Gasteiger charge is -2.26. The summed E-state index contributed by atoms with van der Waals surface area (Å²) >= 11 is 0. The van der Waals surface area contributed by atoms with Crippen molar-refractivity contribution in [3.05, 3.63) is 65.2 Å². The number of amides is 2. The van der Waals surface area contributed by atoms with Crippen molar-refractivity contribution in [2.24, 2.45) is 0 Å². The number of carbonyl (C=O) groups is 2. The number of carbonyl (C=O) groups excluding carboxylic acids is 2. The van der Waals surface area contributed by atoms with E-state index in [0.29, 0.717) is 17.8 Å². The van der Waals surface area contributed by atoms with Crippen LogP contribution in [0.5, 0.6) is 0 Å². The van der Waals surface area contributed by atoms with Gasteiger partial charge in [-0.05, 0) is 36.9 Å². The molecule has 0 radical (unpaired) electrons. The predicted molar refractivity (Wildman–Crippen MR) is 93.7 cm³/mol. The Labute approximate surface area is 141 Å². The van der Waals surface area contributed by atoms with E-state index in [1.54, 1.807) is 6.07 Å². The topological polar surface area (TPSA) is 61.4 Å². The molecule has 1 atom stereocenters. The molecule has 2 N–H and O–H groups in total. The number of hydrogen-bond donors (Lipinski definition) is 2. The molecule has 0 aromatic heterocycles. The number of rotatable bonds is 5. The average molecular weight is 323 g/mol. The summed E-state index contributed by atoms with van der Waals surface area (Å²) in [4.78, 5) is 26.6. The SMILES string of the molecule is CCN(C)C(C(=O)Nc1ccc2c(c1)C(=O)NC2)c1ccccc1. The van der Waals surface area contributed by atoms with Crippen molar-refractivity contribution in [1.29, 1.82) is 0 Å². The first-order chi connectivity index (χ1) is 11.6. The van der Waals surface area contributed by atoms with Crippen LogP contribution < -0.4 is 10.6 Å². The van der Waals surface area contributed by atoms with Crippen molar-refractivity contribution in [3.63, 3.8) is 0 Å². The predicted octanol–water partition coefficient (Wildman–Crippen LogP) is 2.56. The third kappa shape index (κ3) is 3.16. The lowest BCUT2D eigenvalue weighted by molar-refractivity contribution is -0.121. The van der Waals surface area contributed by atoms with Crippen LogP contribution in [-0.4, -0.2) is 30.3 Å². The van der Waals surface area contributed by atoms with Crippen molar-refractivity contribution >= 4 is 17.5 Å². The van der Waals surface area contributed by atoms with Gasteiger partial charge in [-0.15, -0.1) is 0 Å². The number of nitrogens with one attached hydrogen (secondary N) is 2. The molecule has 5 nitrogen and oxygen atoms in total. The second-order valence-electron chi connectivity index (χ2n) is 5.93. The molecule has 124 valence electrons. The van der Waals surface area contributed by atoms with Gasteiger partial charge in [0.1, 0.15) is 6.04 Å². The zero-order valence-electron chi connectivity index (χ0n) is 13.9. The maximum absolute atomic E-state index is 12.8. The molecule has 0 aliphatic carbocycles. The van der Waals surface area contributed by atoms with E-state index in [2.05, 4.69) is 10.6 Å². The first-order valence-electron chi connectivity index (χ1n) is 8.07. The van der Waals surface area contributed by atoms with E-state index in [4.69, 9.17) is 0 Å². The van der Waals surface area contributed by atoms with Crippen LogP contribution in [0.3, 0.4) is 0 Å². The third-order valence-electron chi connectivity index (χ3n) is 4.36. The van der Waals surface area contributed by atoms with Gasteiger partial charge in [-0.25, -0.2) is 0 Å². The number of anilines is 1.